The van der Waals surface area contributed by atoms with Crippen LogP contribution in [0.1, 0.15) is 24.8 Å². The third-order valence-corrected chi connectivity index (χ3v) is 3.70. The number of rotatable bonds is 2. The summed E-state index contributed by atoms with van der Waals surface area (Å²) < 4.78 is 1.76. The molecule has 1 saturated carbocycles. The maximum Gasteiger partial charge on any atom is 0.0790 e. The molecule has 3 rings (SSSR count). The van der Waals surface area contributed by atoms with Gasteiger partial charge in [0.15, 0.2) is 0 Å². The van der Waals surface area contributed by atoms with E-state index >= 15 is 0 Å². The second kappa shape index (κ2) is 3.86. The van der Waals surface area contributed by atoms with Crippen LogP contribution in [0.5, 0.6) is 0 Å². The lowest BCUT2D eigenvalue weighted by Gasteiger charge is -2.38. The van der Waals surface area contributed by atoms with Crippen molar-refractivity contribution < 1.29 is 0 Å². The fraction of sp³-hybridized carbons (Fsp3) is 0.308. The van der Waals surface area contributed by atoms with Gasteiger partial charge in [-0.3, -0.25) is 0 Å². The minimum Gasteiger partial charge on any atom is -0.321 e. The Morgan fingerprint density at radius 3 is 2.41 bits per heavy atom. The van der Waals surface area contributed by atoms with Crippen LogP contribution in [0.25, 0.3) is 5.69 Å². The van der Waals surface area contributed by atoms with Gasteiger partial charge in [-0.1, -0.05) is 23.7 Å². The Kier molecular flexibility index (Phi) is 2.45. The SMILES string of the molecule is NC1(c2ccc(-n3cc(Cl)cn3)cc2)CCC1. The molecule has 1 aliphatic carbocycles. The Balaban J connectivity index is 1.90. The molecule has 0 aliphatic heterocycles. The minimum absolute atomic E-state index is 0.0969. The molecule has 0 unspecified atom stereocenters. The first-order valence-corrected chi connectivity index (χ1v) is 6.15. The first-order valence-electron chi connectivity index (χ1n) is 5.77. The summed E-state index contributed by atoms with van der Waals surface area (Å²) >= 11 is 5.84. The second-order valence-electron chi connectivity index (χ2n) is 4.66. The van der Waals surface area contributed by atoms with E-state index < -0.39 is 0 Å². The molecule has 0 saturated heterocycles. The summed E-state index contributed by atoms with van der Waals surface area (Å²) in [5.41, 5.74) is 8.39. The fourth-order valence-electron chi connectivity index (χ4n) is 2.23. The summed E-state index contributed by atoms with van der Waals surface area (Å²) in [5.74, 6) is 0. The van der Waals surface area contributed by atoms with E-state index in [-0.39, 0.29) is 5.54 Å². The van der Waals surface area contributed by atoms with Gasteiger partial charge in [-0.15, -0.1) is 0 Å². The van der Waals surface area contributed by atoms with Gasteiger partial charge >= 0.3 is 0 Å². The highest BCUT2D eigenvalue weighted by Crippen LogP contribution is 2.38. The lowest BCUT2D eigenvalue weighted by Crippen LogP contribution is -2.43. The van der Waals surface area contributed by atoms with E-state index in [4.69, 9.17) is 17.3 Å². The van der Waals surface area contributed by atoms with Gasteiger partial charge in [0, 0.05) is 11.7 Å². The molecule has 1 fully saturated rings. The number of nitrogens with two attached hydrogens (primary N) is 1. The Morgan fingerprint density at radius 1 is 1.24 bits per heavy atom. The second-order valence-corrected chi connectivity index (χ2v) is 5.10. The van der Waals surface area contributed by atoms with Gasteiger partial charge in [-0.2, -0.15) is 5.10 Å². The third-order valence-electron chi connectivity index (χ3n) is 3.50. The van der Waals surface area contributed by atoms with Crippen molar-refractivity contribution in [2.24, 2.45) is 5.73 Å². The zero-order chi connectivity index (χ0) is 11.9. The molecular formula is C13H14ClN3. The molecule has 1 aromatic carbocycles. The molecule has 0 spiro atoms. The van der Waals surface area contributed by atoms with E-state index in [0.717, 1.165) is 18.5 Å². The highest BCUT2D eigenvalue weighted by atomic mass is 35.5. The largest absolute Gasteiger partial charge is 0.321 e. The number of halogens is 1. The van der Waals surface area contributed by atoms with Crippen LogP contribution in [0.2, 0.25) is 5.02 Å². The molecule has 0 radical (unpaired) electrons. The predicted octanol–water partition coefficient (Wildman–Crippen LogP) is 2.86. The number of hydrogen-bond acceptors (Lipinski definition) is 2. The summed E-state index contributed by atoms with van der Waals surface area (Å²) in [6.07, 6.45) is 6.82. The van der Waals surface area contributed by atoms with Crippen molar-refractivity contribution in [3.63, 3.8) is 0 Å². The molecule has 4 heteroatoms. The normalized spacial score (nSPS) is 17.8. The molecule has 1 aromatic heterocycles. The van der Waals surface area contributed by atoms with Crippen molar-refractivity contribution in [1.82, 2.24) is 9.78 Å². The van der Waals surface area contributed by atoms with E-state index in [2.05, 4.69) is 17.2 Å². The Bertz CT molecular complexity index is 526. The topological polar surface area (TPSA) is 43.8 Å². The molecular weight excluding hydrogens is 234 g/mol. The maximum absolute atomic E-state index is 6.27. The van der Waals surface area contributed by atoms with E-state index in [1.54, 1.807) is 17.1 Å². The number of nitrogens with zero attached hydrogens (tertiary/aromatic N) is 2. The summed E-state index contributed by atoms with van der Waals surface area (Å²) in [7, 11) is 0. The Hall–Kier alpha value is -1.32. The number of hydrogen-bond donors (Lipinski definition) is 1. The highest BCUT2D eigenvalue weighted by Gasteiger charge is 2.33. The average Bonchev–Trinajstić information content (AvgIpc) is 2.73. The van der Waals surface area contributed by atoms with Crippen molar-refractivity contribution in [3.8, 4) is 5.69 Å². The minimum atomic E-state index is -0.0969. The van der Waals surface area contributed by atoms with Crippen LogP contribution in [0.15, 0.2) is 36.7 Å². The monoisotopic (exact) mass is 247 g/mol. The van der Waals surface area contributed by atoms with Crippen LogP contribution >= 0.6 is 11.6 Å². The van der Waals surface area contributed by atoms with Gasteiger partial charge in [0.05, 0.1) is 16.9 Å². The summed E-state index contributed by atoms with van der Waals surface area (Å²) in [6, 6.07) is 8.24. The molecule has 3 nitrogen and oxygen atoms in total. The van der Waals surface area contributed by atoms with Gasteiger partial charge in [0.1, 0.15) is 0 Å². The van der Waals surface area contributed by atoms with Crippen LogP contribution in [-0.2, 0) is 5.54 Å². The first-order chi connectivity index (χ1) is 8.17. The summed E-state index contributed by atoms with van der Waals surface area (Å²) in [6.45, 7) is 0. The van der Waals surface area contributed by atoms with Crippen molar-refractivity contribution in [1.29, 1.82) is 0 Å². The van der Waals surface area contributed by atoms with E-state index in [1.807, 2.05) is 12.1 Å². The molecule has 2 N–H and O–H groups in total. The molecule has 88 valence electrons. The lowest BCUT2D eigenvalue weighted by atomic mass is 9.73. The zero-order valence-electron chi connectivity index (χ0n) is 9.44. The molecule has 1 heterocycles. The van der Waals surface area contributed by atoms with Gasteiger partial charge in [0.25, 0.3) is 0 Å². The van der Waals surface area contributed by atoms with Gasteiger partial charge in [-0.25, -0.2) is 4.68 Å². The van der Waals surface area contributed by atoms with Crippen molar-refractivity contribution in [2.45, 2.75) is 24.8 Å². The quantitative estimate of drug-likeness (QED) is 0.887. The highest BCUT2D eigenvalue weighted by molar-refractivity contribution is 6.30. The molecule has 0 bridgehead atoms. The standard InChI is InChI=1S/C13H14ClN3/c14-11-8-16-17(9-11)12-4-2-10(3-5-12)13(15)6-1-7-13/h2-5,8-9H,1,6-7,15H2. The van der Waals surface area contributed by atoms with Crippen LogP contribution in [0.4, 0.5) is 0 Å². The van der Waals surface area contributed by atoms with E-state index in [9.17, 15) is 0 Å². The first kappa shape index (κ1) is 10.8. The van der Waals surface area contributed by atoms with Crippen LogP contribution in [0, 0.1) is 0 Å². The van der Waals surface area contributed by atoms with Crippen LogP contribution in [0.3, 0.4) is 0 Å². The summed E-state index contributed by atoms with van der Waals surface area (Å²) in [5, 5.41) is 4.81. The van der Waals surface area contributed by atoms with E-state index in [0.29, 0.717) is 5.02 Å². The Morgan fingerprint density at radius 2 is 1.94 bits per heavy atom. The van der Waals surface area contributed by atoms with Crippen LogP contribution < -0.4 is 5.73 Å². The van der Waals surface area contributed by atoms with Crippen LogP contribution in [-0.4, -0.2) is 9.78 Å². The Labute approximate surface area is 105 Å². The molecule has 1 aliphatic rings. The fourth-order valence-corrected chi connectivity index (χ4v) is 2.37. The summed E-state index contributed by atoms with van der Waals surface area (Å²) in [4.78, 5) is 0. The molecule has 0 atom stereocenters. The van der Waals surface area contributed by atoms with Crippen molar-refractivity contribution in [3.05, 3.63) is 47.2 Å². The zero-order valence-corrected chi connectivity index (χ0v) is 10.2. The van der Waals surface area contributed by atoms with Gasteiger partial charge < -0.3 is 5.73 Å². The molecule has 0 amide bonds. The molecule has 2 aromatic rings. The van der Waals surface area contributed by atoms with Gasteiger partial charge in [0.2, 0.25) is 0 Å². The number of benzene rings is 1. The third kappa shape index (κ3) is 1.85. The average molecular weight is 248 g/mol. The van der Waals surface area contributed by atoms with Crippen molar-refractivity contribution >= 4 is 11.6 Å². The number of aromatic nitrogens is 2. The van der Waals surface area contributed by atoms with Crippen molar-refractivity contribution in [2.75, 3.05) is 0 Å². The van der Waals surface area contributed by atoms with Gasteiger partial charge in [-0.05, 0) is 37.0 Å². The van der Waals surface area contributed by atoms with E-state index in [1.165, 1.54) is 12.0 Å². The smallest absolute Gasteiger partial charge is 0.0790 e. The molecule has 17 heavy (non-hydrogen) atoms. The predicted molar refractivity (Wildman–Crippen MR) is 68.3 cm³/mol. The maximum atomic E-state index is 6.27. The lowest BCUT2D eigenvalue weighted by molar-refractivity contribution is 0.253.